The van der Waals surface area contributed by atoms with Crippen LogP contribution in [-0.4, -0.2) is 47.2 Å². The summed E-state index contributed by atoms with van der Waals surface area (Å²) in [5.74, 6) is 0.193. The van der Waals surface area contributed by atoms with Gasteiger partial charge in [-0.3, -0.25) is 4.79 Å². The highest BCUT2D eigenvalue weighted by Gasteiger charge is 2.48. The number of methoxy groups -OCH3 is 1. The van der Waals surface area contributed by atoms with Crippen molar-refractivity contribution in [1.82, 2.24) is 0 Å². The number of fused-ring (bicyclic) bond motifs is 2. The first-order valence-electron chi connectivity index (χ1n) is 11.1. The number of hydrogen-bond acceptors (Lipinski definition) is 7. The number of ether oxygens (including phenoxy) is 3. The SMILES string of the molecule is COC(=O)c1ccc(C2(OC(C)=O)c3cc(Br)c(N(C)C)cc3Oc3cc(N(C)C)c(Br)cc32)cc1. The van der Waals surface area contributed by atoms with Crippen molar-refractivity contribution in [3.05, 3.63) is 79.7 Å². The third-order valence-corrected chi connectivity index (χ3v) is 7.32. The van der Waals surface area contributed by atoms with Gasteiger partial charge in [0.05, 0.1) is 24.0 Å². The maximum atomic E-state index is 12.7. The lowest BCUT2D eigenvalue weighted by atomic mass is 9.77. The Bertz CT molecular complexity index is 1290. The highest BCUT2D eigenvalue weighted by molar-refractivity contribution is 9.11. The van der Waals surface area contributed by atoms with Crippen LogP contribution in [0, 0.1) is 0 Å². The number of nitrogens with zero attached hydrogens (tertiary/aromatic N) is 2. The highest BCUT2D eigenvalue weighted by Crippen LogP contribution is 2.56. The zero-order valence-corrected chi connectivity index (χ0v) is 24.0. The zero-order valence-electron chi connectivity index (χ0n) is 20.8. The molecule has 0 unspecified atom stereocenters. The summed E-state index contributed by atoms with van der Waals surface area (Å²) >= 11 is 7.35. The van der Waals surface area contributed by atoms with E-state index in [0.717, 1.165) is 20.3 Å². The first-order chi connectivity index (χ1) is 17.0. The van der Waals surface area contributed by atoms with E-state index in [1.54, 1.807) is 24.3 Å². The Balaban J connectivity index is 2.10. The van der Waals surface area contributed by atoms with Crippen LogP contribution in [0.15, 0.2) is 57.5 Å². The molecule has 0 fully saturated rings. The van der Waals surface area contributed by atoms with Crippen molar-refractivity contribution in [2.75, 3.05) is 45.1 Å². The largest absolute Gasteiger partial charge is 0.465 e. The van der Waals surface area contributed by atoms with Gasteiger partial charge < -0.3 is 24.0 Å². The molecule has 0 atom stereocenters. The Morgan fingerprint density at radius 2 is 1.31 bits per heavy atom. The number of hydrogen-bond donors (Lipinski definition) is 0. The summed E-state index contributed by atoms with van der Waals surface area (Å²) in [7, 11) is 9.09. The van der Waals surface area contributed by atoms with Crippen molar-refractivity contribution < 1.29 is 23.8 Å². The van der Waals surface area contributed by atoms with Crippen LogP contribution in [0.1, 0.15) is 34.0 Å². The van der Waals surface area contributed by atoms with Crippen LogP contribution in [0.2, 0.25) is 0 Å². The molecule has 188 valence electrons. The Labute approximate surface area is 227 Å². The Morgan fingerprint density at radius 3 is 1.69 bits per heavy atom. The Hall–Kier alpha value is -3.04. The van der Waals surface area contributed by atoms with Gasteiger partial charge in [-0.05, 0) is 56.1 Å². The maximum absolute atomic E-state index is 12.7. The van der Waals surface area contributed by atoms with Crippen LogP contribution in [0.25, 0.3) is 0 Å². The van der Waals surface area contributed by atoms with Gasteiger partial charge >= 0.3 is 11.9 Å². The second-order valence-corrected chi connectivity index (χ2v) is 10.5. The zero-order chi connectivity index (χ0) is 26.4. The third kappa shape index (κ3) is 4.35. The van der Waals surface area contributed by atoms with Gasteiger partial charge in [-0.1, -0.05) is 12.1 Å². The van der Waals surface area contributed by atoms with Crippen molar-refractivity contribution in [1.29, 1.82) is 0 Å². The molecule has 3 aromatic carbocycles. The predicted molar refractivity (Wildman–Crippen MR) is 146 cm³/mol. The quantitative estimate of drug-likeness (QED) is 0.321. The van der Waals surface area contributed by atoms with Crippen LogP contribution in [0.5, 0.6) is 11.5 Å². The summed E-state index contributed by atoms with van der Waals surface area (Å²) in [6, 6.07) is 14.5. The second-order valence-electron chi connectivity index (χ2n) is 8.83. The minimum absolute atomic E-state index is 0.389. The fourth-order valence-corrected chi connectivity index (χ4v) is 5.80. The summed E-state index contributed by atoms with van der Waals surface area (Å²) in [5.41, 5.74) is 2.81. The molecule has 36 heavy (non-hydrogen) atoms. The fourth-order valence-electron chi connectivity index (χ4n) is 4.41. The Morgan fingerprint density at radius 1 is 0.833 bits per heavy atom. The molecule has 4 rings (SSSR count). The summed E-state index contributed by atoms with van der Waals surface area (Å²) in [5, 5.41) is 0. The molecular weight excluding hydrogens is 592 g/mol. The van der Waals surface area contributed by atoms with E-state index in [9.17, 15) is 9.59 Å². The van der Waals surface area contributed by atoms with Crippen LogP contribution in [0.4, 0.5) is 11.4 Å². The van der Waals surface area contributed by atoms with Crippen molar-refractivity contribution in [2.24, 2.45) is 0 Å². The summed E-state index contributed by atoms with van der Waals surface area (Å²) in [4.78, 5) is 28.7. The monoisotopic (exact) mass is 616 g/mol. The molecule has 0 saturated heterocycles. The normalized spacial score (nSPS) is 13.1. The van der Waals surface area contributed by atoms with Gasteiger partial charge in [0, 0.05) is 72.9 Å². The van der Waals surface area contributed by atoms with E-state index < -0.39 is 17.5 Å². The molecule has 0 spiro atoms. The van der Waals surface area contributed by atoms with Crippen molar-refractivity contribution in [3.8, 4) is 11.5 Å². The number of carbonyl (C=O) groups excluding carboxylic acids is 2. The molecular formula is C27H26Br2N2O5. The predicted octanol–water partition coefficient (Wildman–Crippen LogP) is 6.09. The van der Waals surface area contributed by atoms with Gasteiger partial charge in [-0.2, -0.15) is 0 Å². The van der Waals surface area contributed by atoms with Crippen molar-refractivity contribution in [2.45, 2.75) is 12.5 Å². The lowest BCUT2D eigenvalue weighted by molar-refractivity contribution is -0.151. The van der Waals surface area contributed by atoms with E-state index in [0.29, 0.717) is 33.8 Å². The first kappa shape index (κ1) is 26.0. The molecule has 0 aliphatic carbocycles. The number of anilines is 2. The molecule has 1 heterocycles. The van der Waals surface area contributed by atoms with E-state index in [-0.39, 0.29) is 0 Å². The standard InChI is InChI=1S/C27H26Br2N2O5/c1-15(32)36-27(17-9-7-16(8-10-17)26(33)34-6)18-11-20(28)22(30(2)3)13-24(18)35-25-14-23(31(4)5)21(29)12-19(25)27/h7-14H,1-6H3. The van der Waals surface area contributed by atoms with Gasteiger partial charge in [-0.25, -0.2) is 4.79 Å². The van der Waals surface area contributed by atoms with Gasteiger partial charge in [0.25, 0.3) is 0 Å². The number of carbonyl (C=O) groups is 2. The van der Waals surface area contributed by atoms with E-state index in [1.807, 2.05) is 62.3 Å². The second kappa shape index (κ2) is 9.78. The number of halogens is 2. The molecule has 0 saturated carbocycles. The smallest absolute Gasteiger partial charge is 0.337 e. The minimum Gasteiger partial charge on any atom is -0.465 e. The van der Waals surface area contributed by atoms with Crippen LogP contribution in [-0.2, 0) is 19.9 Å². The average molecular weight is 618 g/mol. The third-order valence-electron chi connectivity index (χ3n) is 6.05. The van der Waals surface area contributed by atoms with Crippen LogP contribution >= 0.6 is 31.9 Å². The van der Waals surface area contributed by atoms with Gasteiger partial charge in [0.2, 0.25) is 0 Å². The van der Waals surface area contributed by atoms with E-state index in [4.69, 9.17) is 14.2 Å². The molecule has 1 aliphatic rings. The number of rotatable bonds is 5. The number of benzene rings is 3. The highest BCUT2D eigenvalue weighted by atomic mass is 79.9. The van der Waals surface area contributed by atoms with E-state index in [1.165, 1.54) is 14.0 Å². The van der Waals surface area contributed by atoms with E-state index >= 15 is 0 Å². The fraction of sp³-hybridized carbons (Fsp3) is 0.259. The topological polar surface area (TPSA) is 68.3 Å². The average Bonchev–Trinajstić information content (AvgIpc) is 2.83. The van der Waals surface area contributed by atoms with Gasteiger partial charge in [0.15, 0.2) is 5.60 Å². The van der Waals surface area contributed by atoms with Crippen molar-refractivity contribution in [3.63, 3.8) is 0 Å². The van der Waals surface area contributed by atoms with Crippen molar-refractivity contribution >= 4 is 55.2 Å². The molecule has 0 bridgehead atoms. The lowest BCUT2D eigenvalue weighted by Gasteiger charge is -2.41. The molecule has 0 aromatic heterocycles. The molecule has 0 amide bonds. The maximum Gasteiger partial charge on any atom is 0.337 e. The summed E-state index contributed by atoms with van der Waals surface area (Å²) in [6.45, 7) is 1.38. The summed E-state index contributed by atoms with van der Waals surface area (Å²) < 4.78 is 19.2. The minimum atomic E-state index is -1.34. The molecule has 1 aliphatic heterocycles. The molecule has 0 N–H and O–H groups in total. The molecule has 3 aromatic rings. The number of esters is 2. The summed E-state index contributed by atoms with van der Waals surface area (Å²) in [6.07, 6.45) is 0. The van der Waals surface area contributed by atoms with Crippen LogP contribution < -0.4 is 14.5 Å². The van der Waals surface area contributed by atoms with Gasteiger partial charge in [-0.15, -0.1) is 0 Å². The van der Waals surface area contributed by atoms with Gasteiger partial charge in [0.1, 0.15) is 11.5 Å². The first-order valence-corrected chi connectivity index (χ1v) is 12.7. The van der Waals surface area contributed by atoms with Crippen LogP contribution in [0.3, 0.4) is 0 Å². The molecule has 0 radical (unpaired) electrons. The van der Waals surface area contributed by atoms with E-state index in [2.05, 4.69) is 31.9 Å². The molecule has 7 nitrogen and oxygen atoms in total. The lowest BCUT2D eigenvalue weighted by Crippen LogP contribution is -2.37. The molecule has 9 heteroatoms. The Kier molecular flexibility index (Phi) is 7.07.